The van der Waals surface area contributed by atoms with E-state index in [1.54, 1.807) is 6.26 Å². The summed E-state index contributed by atoms with van der Waals surface area (Å²) in [6.07, 6.45) is 4.32. The number of aromatic carboxylic acids is 1. The van der Waals surface area contributed by atoms with Crippen molar-refractivity contribution in [3.63, 3.8) is 0 Å². The van der Waals surface area contributed by atoms with Crippen LogP contribution in [0, 0.1) is 0 Å². The number of hydrogen-bond donors (Lipinski definition) is 2. The van der Waals surface area contributed by atoms with Gasteiger partial charge >= 0.3 is 5.97 Å². The van der Waals surface area contributed by atoms with Gasteiger partial charge < -0.3 is 14.8 Å². The molecule has 0 saturated carbocycles. The second-order valence-corrected chi connectivity index (χ2v) is 4.73. The summed E-state index contributed by atoms with van der Waals surface area (Å²) in [7, 11) is 0. The van der Waals surface area contributed by atoms with Gasteiger partial charge in [0.25, 0.3) is 0 Å². The van der Waals surface area contributed by atoms with E-state index < -0.39 is 5.97 Å². The number of furan rings is 1. The van der Waals surface area contributed by atoms with Crippen molar-refractivity contribution in [2.45, 2.75) is 19.9 Å². The summed E-state index contributed by atoms with van der Waals surface area (Å²) in [5, 5.41) is 12.0. The summed E-state index contributed by atoms with van der Waals surface area (Å²) in [5.41, 5.74) is -0.0723. The van der Waals surface area contributed by atoms with Crippen LogP contribution in [-0.4, -0.2) is 45.6 Å². The molecular formula is C15H20N4O3. The van der Waals surface area contributed by atoms with Gasteiger partial charge in [-0.25, -0.2) is 14.8 Å². The maximum Gasteiger partial charge on any atom is 0.356 e. The van der Waals surface area contributed by atoms with Gasteiger partial charge in [-0.2, -0.15) is 0 Å². The Morgan fingerprint density at radius 2 is 2.14 bits per heavy atom. The van der Waals surface area contributed by atoms with Crippen LogP contribution in [0.3, 0.4) is 0 Å². The molecule has 0 aromatic carbocycles. The Bertz CT molecular complexity index is 579. The maximum absolute atomic E-state index is 10.8. The van der Waals surface area contributed by atoms with Gasteiger partial charge in [0.2, 0.25) is 0 Å². The highest BCUT2D eigenvalue weighted by Crippen LogP contribution is 2.21. The number of aromatic nitrogens is 2. The number of likely N-dealkylation sites (N-methyl/N-ethyl adjacent to an activating group) is 1. The van der Waals surface area contributed by atoms with Gasteiger partial charge in [-0.3, -0.25) is 4.90 Å². The molecule has 7 nitrogen and oxygen atoms in total. The van der Waals surface area contributed by atoms with Crippen molar-refractivity contribution in [2.75, 3.05) is 25.0 Å². The standard InChI is InChI=1S/C15H20N4O3/c1-3-19(4-2)12(13-6-5-7-22-13)9-18-14-10-16-11(8-17-14)15(20)21/h5-8,10,12H,3-4,9H2,1-2H3,(H,17,18)(H,20,21). The molecule has 2 rings (SSSR count). The van der Waals surface area contributed by atoms with Crippen molar-refractivity contribution in [2.24, 2.45) is 0 Å². The molecule has 2 N–H and O–H groups in total. The summed E-state index contributed by atoms with van der Waals surface area (Å²) in [5.74, 6) is 0.329. The number of carbonyl (C=O) groups is 1. The first-order chi connectivity index (χ1) is 10.7. The van der Waals surface area contributed by atoms with E-state index >= 15 is 0 Å². The number of rotatable bonds is 8. The molecule has 7 heteroatoms. The Morgan fingerprint density at radius 1 is 1.36 bits per heavy atom. The molecule has 0 bridgehead atoms. The normalized spacial score (nSPS) is 12.3. The number of nitrogens with one attached hydrogen (secondary N) is 1. The fourth-order valence-corrected chi connectivity index (χ4v) is 2.29. The Kier molecular flexibility index (Phi) is 5.48. The van der Waals surface area contributed by atoms with E-state index in [1.807, 2.05) is 12.1 Å². The smallest absolute Gasteiger partial charge is 0.356 e. The Hall–Kier alpha value is -2.41. The highest BCUT2D eigenvalue weighted by molar-refractivity contribution is 5.84. The first-order valence-corrected chi connectivity index (χ1v) is 7.22. The predicted octanol–water partition coefficient (Wildman–Crippen LogP) is 2.26. The van der Waals surface area contributed by atoms with Gasteiger partial charge in [0.15, 0.2) is 5.69 Å². The van der Waals surface area contributed by atoms with Crippen LogP contribution in [-0.2, 0) is 0 Å². The molecule has 0 radical (unpaired) electrons. The van der Waals surface area contributed by atoms with Crippen molar-refractivity contribution in [3.8, 4) is 0 Å². The molecular weight excluding hydrogens is 284 g/mol. The largest absolute Gasteiger partial charge is 0.476 e. The van der Waals surface area contributed by atoms with E-state index in [-0.39, 0.29) is 11.7 Å². The Balaban J connectivity index is 2.06. The van der Waals surface area contributed by atoms with Gasteiger partial charge in [-0.05, 0) is 25.2 Å². The molecule has 0 amide bonds. The molecule has 118 valence electrons. The summed E-state index contributed by atoms with van der Waals surface area (Å²) < 4.78 is 5.52. The summed E-state index contributed by atoms with van der Waals surface area (Å²) in [4.78, 5) is 20.9. The van der Waals surface area contributed by atoms with Crippen LogP contribution in [0.15, 0.2) is 35.2 Å². The second kappa shape index (κ2) is 7.56. The molecule has 0 saturated heterocycles. The van der Waals surface area contributed by atoms with Crippen molar-refractivity contribution in [1.82, 2.24) is 14.9 Å². The highest BCUT2D eigenvalue weighted by Gasteiger charge is 2.20. The molecule has 0 spiro atoms. The molecule has 2 heterocycles. The fraction of sp³-hybridized carbons (Fsp3) is 0.400. The maximum atomic E-state index is 10.8. The average molecular weight is 304 g/mol. The molecule has 1 unspecified atom stereocenters. The fourth-order valence-electron chi connectivity index (χ4n) is 2.29. The number of anilines is 1. The third-order valence-corrected chi connectivity index (χ3v) is 3.47. The van der Waals surface area contributed by atoms with Crippen LogP contribution >= 0.6 is 0 Å². The second-order valence-electron chi connectivity index (χ2n) is 4.73. The van der Waals surface area contributed by atoms with Crippen LogP contribution in [0.2, 0.25) is 0 Å². The molecule has 1 atom stereocenters. The van der Waals surface area contributed by atoms with Crippen molar-refractivity contribution in [3.05, 3.63) is 42.2 Å². The van der Waals surface area contributed by atoms with Crippen molar-refractivity contribution in [1.29, 1.82) is 0 Å². The number of carboxylic acids is 1. The number of carboxylic acid groups (broad SMARTS) is 1. The molecule has 0 aliphatic carbocycles. The van der Waals surface area contributed by atoms with Crippen LogP contribution in [0.4, 0.5) is 5.82 Å². The minimum atomic E-state index is -1.09. The first kappa shape index (κ1) is 16.0. The van der Waals surface area contributed by atoms with Crippen LogP contribution in [0.5, 0.6) is 0 Å². The minimum Gasteiger partial charge on any atom is -0.476 e. The van der Waals surface area contributed by atoms with Gasteiger partial charge in [-0.15, -0.1) is 0 Å². The summed E-state index contributed by atoms with van der Waals surface area (Å²) in [6.45, 7) is 6.58. The first-order valence-electron chi connectivity index (χ1n) is 7.22. The summed E-state index contributed by atoms with van der Waals surface area (Å²) in [6, 6.07) is 3.89. The number of hydrogen-bond acceptors (Lipinski definition) is 6. The third-order valence-electron chi connectivity index (χ3n) is 3.47. The van der Waals surface area contributed by atoms with E-state index in [2.05, 4.69) is 34.0 Å². The van der Waals surface area contributed by atoms with Crippen molar-refractivity contribution < 1.29 is 14.3 Å². The summed E-state index contributed by atoms with van der Waals surface area (Å²) >= 11 is 0. The van der Waals surface area contributed by atoms with Gasteiger partial charge in [0.1, 0.15) is 11.6 Å². The lowest BCUT2D eigenvalue weighted by Crippen LogP contribution is -2.33. The Labute approximate surface area is 129 Å². The van der Waals surface area contributed by atoms with Gasteiger partial charge in [0, 0.05) is 6.54 Å². The lowest BCUT2D eigenvalue weighted by molar-refractivity contribution is 0.0690. The van der Waals surface area contributed by atoms with Crippen LogP contribution < -0.4 is 5.32 Å². The van der Waals surface area contributed by atoms with E-state index in [1.165, 1.54) is 12.4 Å². The van der Waals surface area contributed by atoms with E-state index in [0.717, 1.165) is 18.8 Å². The van der Waals surface area contributed by atoms with Crippen LogP contribution in [0.1, 0.15) is 36.1 Å². The van der Waals surface area contributed by atoms with Gasteiger partial charge in [-0.1, -0.05) is 13.8 Å². The topological polar surface area (TPSA) is 91.5 Å². The quantitative estimate of drug-likeness (QED) is 0.772. The van der Waals surface area contributed by atoms with E-state index in [0.29, 0.717) is 12.4 Å². The zero-order valence-electron chi connectivity index (χ0n) is 12.7. The molecule has 0 aliphatic rings. The third kappa shape index (κ3) is 3.82. The Morgan fingerprint density at radius 3 is 2.64 bits per heavy atom. The van der Waals surface area contributed by atoms with Crippen molar-refractivity contribution >= 4 is 11.8 Å². The van der Waals surface area contributed by atoms with Crippen LogP contribution in [0.25, 0.3) is 0 Å². The molecule has 0 fully saturated rings. The highest BCUT2D eigenvalue weighted by atomic mass is 16.4. The molecule has 2 aromatic rings. The lowest BCUT2D eigenvalue weighted by Gasteiger charge is -2.28. The average Bonchev–Trinajstić information content (AvgIpc) is 3.06. The lowest BCUT2D eigenvalue weighted by atomic mass is 10.2. The predicted molar refractivity (Wildman–Crippen MR) is 81.9 cm³/mol. The zero-order chi connectivity index (χ0) is 15.9. The molecule has 22 heavy (non-hydrogen) atoms. The van der Waals surface area contributed by atoms with E-state index in [9.17, 15) is 4.79 Å². The minimum absolute atomic E-state index is 0.0723. The number of nitrogens with zero attached hydrogens (tertiary/aromatic N) is 3. The zero-order valence-corrected chi connectivity index (χ0v) is 12.7. The molecule has 2 aromatic heterocycles. The SMILES string of the molecule is CCN(CC)C(CNc1cnc(C(=O)O)cn1)c1ccco1. The molecule has 0 aliphatic heterocycles. The van der Waals surface area contributed by atoms with E-state index in [4.69, 9.17) is 9.52 Å². The monoisotopic (exact) mass is 304 g/mol. The van der Waals surface area contributed by atoms with Gasteiger partial charge in [0.05, 0.1) is 24.7 Å².